The van der Waals surface area contributed by atoms with Gasteiger partial charge in [0.25, 0.3) is 5.56 Å². The van der Waals surface area contributed by atoms with Gasteiger partial charge in [-0.2, -0.15) is 5.26 Å². The van der Waals surface area contributed by atoms with E-state index in [1.165, 1.54) is 17.1 Å². The molecule has 1 aromatic rings. The zero-order valence-electron chi connectivity index (χ0n) is 6.27. The van der Waals surface area contributed by atoms with Crippen LogP contribution in [0.5, 0.6) is 0 Å². The molecule has 5 heteroatoms. The molecule has 12 heavy (non-hydrogen) atoms. The number of aliphatic hydroxyl groups is 1. The molecule has 0 aliphatic rings. The SMILES string of the molecule is N#Cc1cncn(CCO)c1=O. The summed E-state index contributed by atoms with van der Waals surface area (Å²) < 4.78 is 1.19. The van der Waals surface area contributed by atoms with Crippen molar-refractivity contribution in [3.05, 3.63) is 28.4 Å². The van der Waals surface area contributed by atoms with Gasteiger partial charge in [0.15, 0.2) is 0 Å². The first-order valence-corrected chi connectivity index (χ1v) is 3.35. The van der Waals surface area contributed by atoms with Crippen LogP contribution in [0, 0.1) is 11.3 Å². The van der Waals surface area contributed by atoms with E-state index in [-0.39, 0.29) is 18.7 Å². The highest BCUT2D eigenvalue weighted by Crippen LogP contribution is 1.84. The Kier molecular flexibility index (Phi) is 2.56. The lowest BCUT2D eigenvalue weighted by Gasteiger charge is -2.00. The third-order valence-electron chi connectivity index (χ3n) is 1.36. The van der Waals surface area contributed by atoms with Gasteiger partial charge in [0, 0.05) is 0 Å². The number of nitrogens with zero attached hydrogens (tertiary/aromatic N) is 3. The summed E-state index contributed by atoms with van der Waals surface area (Å²) in [7, 11) is 0. The molecule has 0 unspecified atom stereocenters. The van der Waals surface area contributed by atoms with Gasteiger partial charge in [-0.3, -0.25) is 9.36 Å². The highest BCUT2D eigenvalue weighted by Gasteiger charge is 2.00. The number of nitriles is 1. The standard InChI is InChI=1S/C7H7N3O2/c8-3-6-4-9-5-10(1-2-11)7(6)12/h4-5,11H,1-2H2. The Morgan fingerprint density at radius 3 is 3.08 bits per heavy atom. The zero-order valence-corrected chi connectivity index (χ0v) is 6.27. The molecule has 0 saturated carbocycles. The van der Waals surface area contributed by atoms with Crippen LogP contribution in [-0.4, -0.2) is 21.3 Å². The van der Waals surface area contributed by atoms with Gasteiger partial charge in [-0.15, -0.1) is 0 Å². The Labute approximate surface area is 68.5 Å². The summed E-state index contributed by atoms with van der Waals surface area (Å²) in [6.07, 6.45) is 2.50. The van der Waals surface area contributed by atoms with E-state index < -0.39 is 5.56 Å². The molecule has 0 aliphatic carbocycles. The molecule has 1 aromatic heterocycles. The second kappa shape index (κ2) is 3.64. The normalized spacial score (nSPS) is 9.33. The molecule has 0 spiro atoms. The van der Waals surface area contributed by atoms with Crippen LogP contribution in [0.4, 0.5) is 0 Å². The maximum absolute atomic E-state index is 11.2. The van der Waals surface area contributed by atoms with Crippen molar-refractivity contribution in [1.29, 1.82) is 5.26 Å². The molecule has 1 rings (SSSR count). The summed E-state index contributed by atoms with van der Waals surface area (Å²) in [4.78, 5) is 14.8. The van der Waals surface area contributed by atoms with Gasteiger partial charge in [0.1, 0.15) is 11.6 Å². The summed E-state index contributed by atoms with van der Waals surface area (Å²) in [5.41, 5.74) is -0.424. The van der Waals surface area contributed by atoms with E-state index in [1.807, 2.05) is 0 Å². The van der Waals surface area contributed by atoms with Crippen molar-refractivity contribution >= 4 is 0 Å². The minimum atomic E-state index is -0.415. The van der Waals surface area contributed by atoms with Crippen LogP contribution in [0.3, 0.4) is 0 Å². The van der Waals surface area contributed by atoms with Crippen LogP contribution in [0.15, 0.2) is 17.3 Å². The van der Waals surface area contributed by atoms with Crippen LogP contribution in [0.1, 0.15) is 5.56 Å². The van der Waals surface area contributed by atoms with Crippen molar-refractivity contribution in [1.82, 2.24) is 9.55 Å². The Morgan fingerprint density at radius 1 is 1.75 bits per heavy atom. The zero-order chi connectivity index (χ0) is 8.97. The first kappa shape index (κ1) is 8.43. The van der Waals surface area contributed by atoms with Crippen molar-refractivity contribution in [2.75, 3.05) is 6.61 Å². The first-order chi connectivity index (χ1) is 5.79. The second-order valence-corrected chi connectivity index (χ2v) is 2.14. The number of hydrogen-bond acceptors (Lipinski definition) is 4. The summed E-state index contributed by atoms with van der Waals surface area (Å²) in [6, 6.07) is 1.72. The molecule has 0 saturated heterocycles. The largest absolute Gasteiger partial charge is 0.395 e. The van der Waals surface area contributed by atoms with Gasteiger partial charge >= 0.3 is 0 Å². The summed E-state index contributed by atoms with van der Waals surface area (Å²) in [5, 5.41) is 17.0. The molecular formula is C7H7N3O2. The predicted octanol–water partition coefficient (Wildman–Crippen LogP) is -0.893. The van der Waals surface area contributed by atoms with E-state index in [2.05, 4.69) is 4.98 Å². The molecule has 5 nitrogen and oxygen atoms in total. The fraction of sp³-hybridized carbons (Fsp3) is 0.286. The van der Waals surface area contributed by atoms with Crippen molar-refractivity contribution in [3.8, 4) is 6.07 Å². The molecule has 0 aliphatic heterocycles. The molecule has 62 valence electrons. The Bertz CT molecular complexity index is 364. The molecule has 0 radical (unpaired) electrons. The van der Waals surface area contributed by atoms with Gasteiger partial charge in [-0.05, 0) is 0 Å². The lowest BCUT2D eigenvalue weighted by molar-refractivity contribution is 0.273. The highest BCUT2D eigenvalue weighted by atomic mass is 16.3. The summed E-state index contributed by atoms with van der Waals surface area (Å²) >= 11 is 0. The maximum Gasteiger partial charge on any atom is 0.271 e. The fourth-order valence-corrected chi connectivity index (χ4v) is 0.794. The molecule has 0 atom stereocenters. The van der Waals surface area contributed by atoms with Gasteiger partial charge in [-0.25, -0.2) is 4.98 Å². The quantitative estimate of drug-likeness (QED) is 0.616. The highest BCUT2D eigenvalue weighted by molar-refractivity contribution is 5.21. The van der Waals surface area contributed by atoms with E-state index in [4.69, 9.17) is 10.4 Å². The molecule has 0 fully saturated rings. The van der Waals surface area contributed by atoms with Crippen LogP contribution < -0.4 is 5.56 Å². The number of aliphatic hydroxyl groups excluding tert-OH is 1. The van der Waals surface area contributed by atoms with Crippen LogP contribution in [0.25, 0.3) is 0 Å². The second-order valence-electron chi connectivity index (χ2n) is 2.14. The van der Waals surface area contributed by atoms with Crippen molar-refractivity contribution in [3.63, 3.8) is 0 Å². The predicted molar refractivity (Wildman–Crippen MR) is 40.3 cm³/mol. The van der Waals surface area contributed by atoms with E-state index in [1.54, 1.807) is 6.07 Å². The Hall–Kier alpha value is -1.67. The fourth-order valence-electron chi connectivity index (χ4n) is 0.794. The summed E-state index contributed by atoms with van der Waals surface area (Å²) in [6.45, 7) is 0.0256. The van der Waals surface area contributed by atoms with Gasteiger partial charge in [0.2, 0.25) is 0 Å². The number of rotatable bonds is 2. The molecule has 0 bridgehead atoms. The third kappa shape index (κ3) is 1.49. The first-order valence-electron chi connectivity index (χ1n) is 3.35. The van der Waals surface area contributed by atoms with E-state index in [9.17, 15) is 4.79 Å². The average Bonchev–Trinajstić information content (AvgIpc) is 2.09. The molecular weight excluding hydrogens is 158 g/mol. The lowest BCUT2D eigenvalue weighted by atomic mass is 10.4. The Morgan fingerprint density at radius 2 is 2.50 bits per heavy atom. The van der Waals surface area contributed by atoms with Crippen LogP contribution in [-0.2, 0) is 6.54 Å². The smallest absolute Gasteiger partial charge is 0.271 e. The van der Waals surface area contributed by atoms with Crippen molar-refractivity contribution < 1.29 is 5.11 Å². The molecule has 1 heterocycles. The van der Waals surface area contributed by atoms with E-state index in [0.717, 1.165) is 0 Å². The number of aromatic nitrogens is 2. The van der Waals surface area contributed by atoms with Gasteiger partial charge in [-0.1, -0.05) is 0 Å². The monoisotopic (exact) mass is 165 g/mol. The van der Waals surface area contributed by atoms with E-state index >= 15 is 0 Å². The van der Waals surface area contributed by atoms with Gasteiger partial charge in [0.05, 0.1) is 25.7 Å². The average molecular weight is 165 g/mol. The molecule has 0 aromatic carbocycles. The molecule has 0 amide bonds. The van der Waals surface area contributed by atoms with Gasteiger partial charge < -0.3 is 5.11 Å². The maximum atomic E-state index is 11.2. The van der Waals surface area contributed by atoms with Crippen molar-refractivity contribution in [2.45, 2.75) is 6.54 Å². The topological polar surface area (TPSA) is 78.9 Å². The van der Waals surface area contributed by atoms with E-state index in [0.29, 0.717) is 0 Å². The Balaban J connectivity index is 3.17. The van der Waals surface area contributed by atoms with Crippen LogP contribution in [0.2, 0.25) is 0 Å². The molecule has 1 N–H and O–H groups in total. The lowest BCUT2D eigenvalue weighted by Crippen LogP contribution is -2.23. The number of hydrogen-bond donors (Lipinski definition) is 1. The van der Waals surface area contributed by atoms with Crippen molar-refractivity contribution in [2.24, 2.45) is 0 Å². The van der Waals surface area contributed by atoms with Crippen LogP contribution >= 0.6 is 0 Å². The minimum Gasteiger partial charge on any atom is -0.395 e. The summed E-state index contributed by atoms with van der Waals surface area (Å²) in [5.74, 6) is 0. The third-order valence-corrected chi connectivity index (χ3v) is 1.36. The minimum absolute atomic E-state index is 0.00838.